The van der Waals surface area contributed by atoms with Crippen molar-refractivity contribution in [2.24, 2.45) is 11.8 Å². The Morgan fingerprint density at radius 3 is 1.50 bits per heavy atom. The minimum absolute atomic E-state index is 0.103. The molecule has 1 aromatic carbocycles. The summed E-state index contributed by atoms with van der Waals surface area (Å²) in [5.41, 5.74) is -0.963. The van der Waals surface area contributed by atoms with Crippen LogP contribution in [0.5, 0.6) is 5.75 Å². The summed E-state index contributed by atoms with van der Waals surface area (Å²) in [5.74, 6) is 1.68. The Morgan fingerprint density at radius 1 is 0.733 bits per heavy atom. The standard InChI is InChI=1S/C16H30.C7H6N2O5/c1-3-7-11-15(12-8-4-1)16-13-9-5-2-6-10-14-16;1-4-2-5(8(11)12)3-6(7(4)10)9(13)14/h15-16H,1-14H2;2-3,10H,1H3. The van der Waals surface area contributed by atoms with Crippen LogP contribution < -0.4 is 0 Å². The van der Waals surface area contributed by atoms with Gasteiger partial charge in [-0.1, -0.05) is 89.9 Å². The lowest BCUT2D eigenvalue weighted by Gasteiger charge is -2.30. The molecule has 0 aromatic heterocycles. The Balaban J connectivity index is 0.000000216. The maximum atomic E-state index is 10.4. The smallest absolute Gasteiger partial charge is 0.317 e. The van der Waals surface area contributed by atoms with Crippen LogP contribution in [-0.4, -0.2) is 15.0 Å². The Kier molecular flexibility index (Phi) is 10.0. The number of phenolic OH excluding ortho intramolecular Hbond substituents is 1. The van der Waals surface area contributed by atoms with Gasteiger partial charge in [0.2, 0.25) is 0 Å². The van der Waals surface area contributed by atoms with E-state index in [0.717, 1.165) is 24.0 Å². The van der Waals surface area contributed by atoms with Crippen molar-refractivity contribution in [2.75, 3.05) is 0 Å². The summed E-state index contributed by atoms with van der Waals surface area (Å²) in [6.07, 6.45) is 21.4. The van der Waals surface area contributed by atoms with Crippen LogP contribution in [0.25, 0.3) is 0 Å². The third-order valence-corrected chi connectivity index (χ3v) is 6.64. The van der Waals surface area contributed by atoms with Crippen molar-refractivity contribution in [3.8, 4) is 5.75 Å². The molecule has 0 heterocycles. The van der Waals surface area contributed by atoms with Gasteiger partial charge >= 0.3 is 5.69 Å². The minimum Gasteiger partial charge on any atom is -0.502 e. The summed E-state index contributed by atoms with van der Waals surface area (Å²) < 4.78 is 0. The minimum atomic E-state index is -0.866. The number of phenols is 1. The Hall–Kier alpha value is -2.18. The van der Waals surface area contributed by atoms with Gasteiger partial charge in [0.05, 0.1) is 15.9 Å². The molecule has 0 atom stereocenters. The lowest BCUT2D eigenvalue weighted by Crippen LogP contribution is -2.17. The molecule has 0 unspecified atom stereocenters. The zero-order valence-corrected chi connectivity index (χ0v) is 18.2. The van der Waals surface area contributed by atoms with E-state index in [1.807, 2.05) is 0 Å². The fourth-order valence-electron chi connectivity index (χ4n) is 4.91. The van der Waals surface area contributed by atoms with E-state index in [1.165, 1.54) is 71.1 Å². The number of hydrogen-bond acceptors (Lipinski definition) is 5. The van der Waals surface area contributed by atoms with Gasteiger partial charge in [-0.25, -0.2) is 0 Å². The molecular weight excluding hydrogens is 384 g/mol. The highest BCUT2D eigenvalue weighted by Gasteiger charge is 2.23. The highest BCUT2D eigenvalue weighted by atomic mass is 16.6. The predicted octanol–water partition coefficient (Wildman–Crippen LogP) is 7.22. The second-order valence-corrected chi connectivity index (χ2v) is 8.86. The fraction of sp³-hybridized carbons (Fsp3) is 0.739. The van der Waals surface area contributed by atoms with Crippen LogP contribution in [0.4, 0.5) is 11.4 Å². The van der Waals surface area contributed by atoms with E-state index in [9.17, 15) is 25.3 Å². The molecule has 1 aromatic rings. The van der Waals surface area contributed by atoms with Crippen LogP contribution in [0, 0.1) is 39.0 Å². The zero-order valence-electron chi connectivity index (χ0n) is 18.2. The number of rotatable bonds is 3. The van der Waals surface area contributed by atoms with Crippen LogP contribution >= 0.6 is 0 Å². The number of nitro benzene ring substituents is 2. The molecule has 0 radical (unpaired) electrons. The second-order valence-electron chi connectivity index (χ2n) is 8.86. The largest absolute Gasteiger partial charge is 0.502 e. The molecule has 0 saturated heterocycles. The van der Waals surface area contributed by atoms with Gasteiger partial charge in [-0.05, 0) is 18.8 Å². The number of nitro groups is 2. The van der Waals surface area contributed by atoms with Crippen molar-refractivity contribution in [3.05, 3.63) is 37.9 Å². The topological polar surface area (TPSA) is 107 Å². The van der Waals surface area contributed by atoms with E-state index in [4.69, 9.17) is 0 Å². The van der Waals surface area contributed by atoms with E-state index in [1.54, 1.807) is 25.7 Å². The summed E-state index contributed by atoms with van der Waals surface area (Å²) in [4.78, 5) is 19.1. The monoisotopic (exact) mass is 420 g/mol. The molecule has 2 saturated carbocycles. The summed E-state index contributed by atoms with van der Waals surface area (Å²) in [7, 11) is 0. The molecule has 0 aliphatic heterocycles. The van der Waals surface area contributed by atoms with Gasteiger partial charge < -0.3 is 5.11 Å². The molecule has 30 heavy (non-hydrogen) atoms. The van der Waals surface area contributed by atoms with Crippen molar-refractivity contribution < 1.29 is 15.0 Å². The van der Waals surface area contributed by atoms with E-state index in [0.29, 0.717) is 0 Å². The van der Waals surface area contributed by atoms with E-state index >= 15 is 0 Å². The van der Waals surface area contributed by atoms with Crippen LogP contribution in [0.3, 0.4) is 0 Å². The van der Waals surface area contributed by atoms with Crippen molar-refractivity contribution in [1.29, 1.82) is 0 Å². The Labute approximate surface area is 179 Å². The number of benzene rings is 1. The van der Waals surface area contributed by atoms with Crippen molar-refractivity contribution >= 4 is 11.4 Å². The van der Waals surface area contributed by atoms with Gasteiger partial charge in [0.1, 0.15) is 0 Å². The lowest BCUT2D eigenvalue weighted by molar-refractivity contribution is -0.394. The molecule has 2 fully saturated rings. The molecule has 7 nitrogen and oxygen atoms in total. The first kappa shape index (κ1) is 24.1. The first-order valence-electron chi connectivity index (χ1n) is 11.5. The summed E-state index contributed by atoms with van der Waals surface area (Å²) in [5, 5.41) is 29.9. The third-order valence-electron chi connectivity index (χ3n) is 6.64. The number of nitrogens with zero attached hydrogens (tertiary/aromatic N) is 2. The van der Waals surface area contributed by atoms with Gasteiger partial charge in [-0.3, -0.25) is 20.2 Å². The third kappa shape index (κ3) is 7.58. The second kappa shape index (κ2) is 12.5. The Morgan fingerprint density at radius 2 is 1.13 bits per heavy atom. The molecule has 168 valence electrons. The lowest BCUT2D eigenvalue weighted by atomic mass is 9.76. The molecule has 2 aliphatic rings. The molecule has 1 N–H and O–H groups in total. The van der Waals surface area contributed by atoms with Crippen LogP contribution in [0.2, 0.25) is 0 Å². The molecule has 0 spiro atoms. The van der Waals surface area contributed by atoms with E-state index < -0.39 is 27.0 Å². The number of aromatic hydroxyl groups is 1. The van der Waals surface area contributed by atoms with Gasteiger partial charge in [-0.2, -0.15) is 0 Å². The zero-order chi connectivity index (χ0) is 21.9. The Bertz CT molecular complexity index is 671. The summed E-state index contributed by atoms with van der Waals surface area (Å²) in [6, 6.07) is 1.80. The van der Waals surface area contributed by atoms with Gasteiger partial charge in [0.15, 0.2) is 5.75 Å². The molecular formula is C23H36N2O5. The molecule has 0 amide bonds. The summed E-state index contributed by atoms with van der Waals surface area (Å²) >= 11 is 0. The van der Waals surface area contributed by atoms with E-state index in [-0.39, 0.29) is 5.56 Å². The van der Waals surface area contributed by atoms with Gasteiger partial charge in [0, 0.05) is 11.6 Å². The van der Waals surface area contributed by atoms with Crippen molar-refractivity contribution in [3.63, 3.8) is 0 Å². The fourth-order valence-corrected chi connectivity index (χ4v) is 4.91. The van der Waals surface area contributed by atoms with Gasteiger partial charge in [0.25, 0.3) is 5.69 Å². The molecule has 3 rings (SSSR count). The van der Waals surface area contributed by atoms with Crippen molar-refractivity contribution in [1.82, 2.24) is 0 Å². The number of hydrogen-bond donors (Lipinski definition) is 1. The quantitative estimate of drug-likeness (QED) is 0.410. The molecule has 2 aliphatic carbocycles. The van der Waals surface area contributed by atoms with Crippen molar-refractivity contribution in [2.45, 2.75) is 96.8 Å². The highest BCUT2D eigenvalue weighted by Crippen LogP contribution is 2.36. The predicted molar refractivity (Wildman–Crippen MR) is 118 cm³/mol. The van der Waals surface area contributed by atoms with Gasteiger partial charge in [-0.15, -0.1) is 0 Å². The van der Waals surface area contributed by atoms with Crippen LogP contribution in [-0.2, 0) is 0 Å². The summed E-state index contributed by atoms with van der Waals surface area (Å²) in [6.45, 7) is 1.36. The highest BCUT2D eigenvalue weighted by molar-refractivity contribution is 5.57. The van der Waals surface area contributed by atoms with E-state index in [2.05, 4.69) is 0 Å². The first-order valence-corrected chi connectivity index (χ1v) is 11.5. The maximum absolute atomic E-state index is 10.4. The number of aryl methyl sites for hydroxylation is 1. The SMILES string of the molecule is C1CCCC(C2CCCCCCC2)CCC1.Cc1cc([N+](=O)[O-])cc([N+](=O)[O-])c1O. The van der Waals surface area contributed by atoms with Crippen LogP contribution in [0.1, 0.15) is 95.5 Å². The average molecular weight is 421 g/mol. The average Bonchev–Trinajstić information content (AvgIpc) is 2.64. The molecule has 7 heteroatoms. The molecule has 0 bridgehead atoms. The number of non-ortho nitro benzene ring substituents is 1. The maximum Gasteiger partial charge on any atom is 0.317 e. The first-order chi connectivity index (χ1) is 14.4. The van der Waals surface area contributed by atoms with Crippen LogP contribution in [0.15, 0.2) is 12.1 Å². The normalized spacial score (nSPS) is 19.4.